The first-order chi connectivity index (χ1) is 9.33. The SMILES string of the molecule is N.Nc1nc(-c2ccnnc2)nc(-c2ccnnc2)n1. The van der Waals surface area contributed by atoms with Crippen LogP contribution in [0.1, 0.15) is 0 Å². The minimum atomic E-state index is 0. The molecule has 0 radical (unpaired) electrons. The summed E-state index contributed by atoms with van der Waals surface area (Å²) in [6, 6.07) is 3.49. The monoisotopic (exact) mass is 269 g/mol. The van der Waals surface area contributed by atoms with Crippen molar-refractivity contribution in [2.24, 2.45) is 0 Å². The number of hydrogen-bond donors (Lipinski definition) is 2. The van der Waals surface area contributed by atoms with Crippen molar-refractivity contribution in [3.05, 3.63) is 36.9 Å². The highest BCUT2D eigenvalue weighted by atomic mass is 15.1. The standard InChI is InChI=1S/C11H8N8.H3N/c12-11-18-9(7-1-3-13-15-5-7)17-10(19-11)8-2-4-14-16-6-8;/h1-6H,(H2,12,17,18,19);1H3. The Labute approximate surface area is 113 Å². The van der Waals surface area contributed by atoms with Gasteiger partial charge in [0.1, 0.15) is 0 Å². The highest BCUT2D eigenvalue weighted by Gasteiger charge is 2.09. The lowest BCUT2D eigenvalue weighted by molar-refractivity contribution is 1.01. The fourth-order valence-electron chi connectivity index (χ4n) is 1.50. The van der Waals surface area contributed by atoms with Crippen LogP contribution in [0.4, 0.5) is 5.95 Å². The molecule has 0 saturated carbocycles. The molecule has 5 N–H and O–H groups in total. The summed E-state index contributed by atoms with van der Waals surface area (Å²) < 4.78 is 0. The van der Waals surface area contributed by atoms with E-state index < -0.39 is 0 Å². The van der Waals surface area contributed by atoms with Crippen LogP contribution in [0.2, 0.25) is 0 Å². The lowest BCUT2D eigenvalue weighted by atomic mass is 10.2. The van der Waals surface area contributed by atoms with Crippen LogP contribution in [0, 0.1) is 0 Å². The highest BCUT2D eigenvalue weighted by molar-refractivity contribution is 5.60. The summed E-state index contributed by atoms with van der Waals surface area (Å²) in [7, 11) is 0. The number of nitrogens with two attached hydrogens (primary N) is 1. The van der Waals surface area contributed by atoms with Gasteiger partial charge in [-0.3, -0.25) is 0 Å². The normalized spacial score (nSPS) is 9.80. The van der Waals surface area contributed by atoms with Crippen molar-refractivity contribution in [2.75, 3.05) is 5.73 Å². The van der Waals surface area contributed by atoms with Crippen molar-refractivity contribution in [2.45, 2.75) is 0 Å². The van der Waals surface area contributed by atoms with Crippen LogP contribution in [-0.2, 0) is 0 Å². The Balaban J connectivity index is 0.00000147. The van der Waals surface area contributed by atoms with Gasteiger partial charge in [-0.15, -0.1) is 0 Å². The average Bonchev–Trinajstić information content (AvgIpc) is 2.48. The van der Waals surface area contributed by atoms with Gasteiger partial charge >= 0.3 is 0 Å². The van der Waals surface area contributed by atoms with Crippen molar-refractivity contribution in [1.29, 1.82) is 0 Å². The number of nitrogens with zero attached hydrogens (tertiary/aromatic N) is 7. The van der Waals surface area contributed by atoms with Gasteiger partial charge < -0.3 is 11.9 Å². The third-order valence-corrected chi connectivity index (χ3v) is 2.34. The molecule has 100 valence electrons. The fraction of sp³-hybridized carbons (Fsp3) is 0. The molecule has 0 aromatic carbocycles. The summed E-state index contributed by atoms with van der Waals surface area (Å²) in [5.74, 6) is 1.01. The Bertz CT molecular complexity index is 629. The van der Waals surface area contributed by atoms with Gasteiger partial charge in [0.05, 0.1) is 24.8 Å². The summed E-state index contributed by atoms with van der Waals surface area (Å²) in [5, 5.41) is 15.0. The van der Waals surface area contributed by atoms with E-state index in [2.05, 4.69) is 35.3 Å². The third-order valence-electron chi connectivity index (χ3n) is 2.34. The summed E-state index contributed by atoms with van der Waals surface area (Å²) in [6.07, 6.45) is 6.23. The second-order valence-electron chi connectivity index (χ2n) is 3.60. The lowest BCUT2D eigenvalue weighted by Crippen LogP contribution is -2.02. The second-order valence-corrected chi connectivity index (χ2v) is 3.60. The number of nitrogen functional groups attached to an aromatic ring is 1. The van der Waals surface area contributed by atoms with E-state index in [1.165, 1.54) is 0 Å². The minimum absolute atomic E-state index is 0. The molecule has 0 aliphatic heterocycles. The lowest BCUT2D eigenvalue weighted by Gasteiger charge is -2.03. The zero-order chi connectivity index (χ0) is 13.1. The Hall–Kier alpha value is -3.07. The van der Waals surface area contributed by atoms with Crippen LogP contribution in [0.15, 0.2) is 36.9 Å². The first kappa shape index (κ1) is 13.4. The molecule has 0 spiro atoms. The van der Waals surface area contributed by atoms with Crippen molar-refractivity contribution >= 4 is 5.95 Å². The van der Waals surface area contributed by atoms with Gasteiger partial charge in [0.25, 0.3) is 0 Å². The average molecular weight is 269 g/mol. The summed E-state index contributed by atoms with van der Waals surface area (Å²) in [5.41, 5.74) is 7.13. The molecule has 0 amide bonds. The van der Waals surface area contributed by atoms with Gasteiger partial charge in [-0.05, 0) is 12.1 Å². The molecule has 3 aromatic heterocycles. The molecular formula is C11H11N9. The smallest absolute Gasteiger partial charge is 0.224 e. The first-order valence-corrected chi connectivity index (χ1v) is 5.38. The molecule has 3 rings (SSSR count). The molecular weight excluding hydrogens is 258 g/mol. The van der Waals surface area contributed by atoms with Gasteiger partial charge in [-0.1, -0.05) is 0 Å². The molecule has 0 fully saturated rings. The van der Waals surface area contributed by atoms with Crippen LogP contribution < -0.4 is 11.9 Å². The predicted molar refractivity (Wildman–Crippen MR) is 71.3 cm³/mol. The van der Waals surface area contributed by atoms with E-state index in [0.29, 0.717) is 22.8 Å². The van der Waals surface area contributed by atoms with Crippen LogP contribution in [0.25, 0.3) is 22.8 Å². The largest absolute Gasteiger partial charge is 0.368 e. The molecule has 9 heteroatoms. The van der Waals surface area contributed by atoms with Crippen molar-refractivity contribution in [3.63, 3.8) is 0 Å². The number of anilines is 1. The quantitative estimate of drug-likeness (QED) is 0.678. The van der Waals surface area contributed by atoms with Gasteiger partial charge in [0.15, 0.2) is 11.6 Å². The zero-order valence-corrected chi connectivity index (χ0v) is 10.4. The third kappa shape index (κ3) is 2.67. The summed E-state index contributed by atoms with van der Waals surface area (Å²) >= 11 is 0. The van der Waals surface area contributed by atoms with Crippen molar-refractivity contribution in [1.82, 2.24) is 41.5 Å². The van der Waals surface area contributed by atoms with Gasteiger partial charge in [0.2, 0.25) is 5.95 Å². The first-order valence-electron chi connectivity index (χ1n) is 5.38. The molecule has 0 aliphatic carbocycles. The number of hydrogen-bond acceptors (Lipinski definition) is 9. The van der Waals surface area contributed by atoms with E-state index in [-0.39, 0.29) is 12.1 Å². The van der Waals surface area contributed by atoms with E-state index >= 15 is 0 Å². The molecule has 0 aliphatic rings. The van der Waals surface area contributed by atoms with E-state index in [0.717, 1.165) is 0 Å². The van der Waals surface area contributed by atoms with Crippen LogP contribution >= 0.6 is 0 Å². The summed E-state index contributed by atoms with van der Waals surface area (Å²) in [4.78, 5) is 12.5. The molecule has 0 saturated heterocycles. The Morgan fingerprint density at radius 3 is 1.60 bits per heavy atom. The minimum Gasteiger partial charge on any atom is -0.368 e. The van der Waals surface area contributed by atoms with Crippen LogP contribution in [0.5, 0.6) is 0 Å². The Morgan fingerprint density at radius 1 is 0.700 bits per heavy atom. The molecule has 20 heavy (non-hydrogen) atoms. The predicted octanol–water partition coefficient (Wildman–Crippen LogP) is 0.530. The van der Waals surface area contributed by atoms with Gasteiger partial charge in [-0.25, -0.2) is 4.98 Å². The maximum Gasteiger partial charge on any atom is 0.224 e. The molecule has 0 unspecified atom stereocenters. The van der Waals surface area contributed by atoms with E-state index in [4.69, 9.17) is 5.73 Å². The maximum atomic E-state index is 5.70. The van der Waals surface area contributed by atoms with Crippen molar-refractivity contribution < 1.29 is 0 Å². The molecule has 9 nitrogen and oxygen atoms in total. The van der Waals surface area contributed by atoms with Crippen molar-refractivity contribution in [3.8, 4) is 22.8 Å². The molecule has 0 bridgehead atoms. The Morgan fingerprint density at radius 2 is 1.20 bits per heavy atom. The molecule has 3 aromatic rings. The second kappa shape index (κ2) is 5.71. The highest BCUT2D eigenvalue weighted by Crippen LogP contribution is 2.18. The van der Waals surface area contributed by atoms with Crippen LogP contribution in [-0.4, -0.2) is 35.3 Å². The van der Waals surface area contributed by atoms with E-state index in [9.17, 15) is 0 Å². The van der Waals surface area contributed by atoms with Gasteiger partial charge in [-0.2, -0.15) is 30.4 Å². The topological polar surface area (TPSA) is 151 Å². The van der Waals surface area contributed by atoms with Crippen LogP contribution in [0.3, 0.4) is 0 Å². The number of rotatable bonds is 2. The zero-order valence-electron chi connectivity index (χ0n) is 10.4. The number of aromatic nitrogens is 7. The fourth-order valence-corrected chi connectivity index (χ4v) is 1.50. The summed E-state index contributed by atoms with van der Waals surface area (Å²) in [6.45, 7) is 0. The maximum absolute atomic E-state index is 5.70. The molecule has 3 heterocycles. The molecule has 0 atom stereocenters. The Kier molecular flexibility index (Phi) is 3.82. The van der Waals surface area contributed by atoms with Gasteiger partial charge in [0, 0.05) is 11.1 Å². The van der Waals surface area contributed by atoms with E-state index in [1.54, 1.807) is 36.9 Å². The van der Waals surface area contributed by atoms with E-state index in [1.807, 2.05) is 0 Å².